The first-order valence-corrected chi connectivity index (χ1v) is 7.70. The summed E-state index contributed by atoms with van der Waals surface area (Å²) in [6, 6.07) is 9.22. The first-order valence-electron chi connectivity index (χ1n) is 6.50. The van der Waals surface area contributed by atoms with Crippen molar-refractivity contribution in [3.63, 3.8) is 0 Å². The van der Waals surface area contributed by atoms with E-state index in [9.17, 15) is 0 Å². The predicted molar refractivity (Wildman–Crippen MR) is 85.5 cm³/mol. The van der Waals surface area contributed by atoms with Crippen molar-refractivity contribution in [3.05, 3.63) is 55.7 Å². The van der Waals surface area contributed by atoms with E-state index in [4.69, 9.17) is 11.6 Å². The zero-order valence-corrected chi connectivity index (χ0v) is 13.5. The molecule has 1 N–H and O–H groups in total. The van der Waals surface area contributed by atoms with Crippen LogP contribution in [0.5, 0.6) is 0 Å². The molecule has 0 amide bonds. The molecule has 1 nitrogen and oxygen atoms in total. The van der Waals surface area contributed by atoms with E-state index < -0.39 is 0 Å². The summed E-state index contributed by atoms with van der Waals surface area (Å²) in [6.45, 7) is 6.38. The van der Waals surface area contributed by atoms with Gasteiger partial charge < -0.3 is 5.32 Å². The number of hydrogen-bond acceptors (Lipinski definition) is 2. The van der Waals surface area contributed by atoms with Gasteiger partial charge in [0, 0.05) is 10.9 Å². The minimum Gasteiger partial charge on any atom is -0.312 e. The molecular weight excluding hydrogens is 274 g/mol. The van der Waals surface area contributed by atoms with Crippen LogP contribution in [0.15, 0.2) is 24.3 Å². The second kappa shape index (κ2) is 6.08. The number of halogens is 1. The molecule has 2 rings (SSSR count). The van der Waals surface area contributed by atoms with Gasteiger partial charge in [0.25, 0.3) is 0 Å². The van der Waals surface area contributed by atoms with Gasteiger partial charge in [0.1, 0.15) is 0 Å². The Labute approximate surface area is 124 Å². The van der Waals surface area contributed by atoms with Crippen LogP contribution in [0.4, 0.5) is 0 Å². The molecule has 0 spiro atoms. The smallest absolute Gasteiger partial charge is 0.0960 e. The molecule has 0 fully saturated rings. The standard InChI is InChI=1S/C16H20ClNS/c1-10-5-6-13(7-11(10)2)9-14(18-4)15-8-12(3)16(17)19-15/h5-8,14,18H,9H2,1-4H3. The molecule has 0 saturated carbocycles. The summed E-state index contributed by atoms with van der Waals surface area (Å²) in [7, 11) is 2.01. The Bertz CT molecular complexity index is 555. The van der Waals surface area contributed by atoms with Gasteiger partial charge >= 0.3 is 0 Å². The Balaban J connectivity index is 2.21. The summed E-state index contributed by atoms with van der Waals surface area (Å²) in [5.74, 6) is 0. The van der Waals surface area contributed by atoms with E-state index in [0.717, 1.165) is 10.8 Å². The van der Waals surface area contributed by atoms with E-state index in [0.29, 0.717) is 6.04 Å². The first-order chi connectivity index (χ1) is 9.01. The molecule has 1 aromatic heterocycles. The van der Waals surface area contributed by atoms with Crippen molar-refractivity contribution in [2.24, 2.45) is 0 Å². The number of likely N-dealkylation sites (N-methyl/N-ethyl adjacent to an activating group) is 1. The van der Waals surface area contributed by atoms with Crippen LogP contribution in [0.3, 0.4) is 0 Å². The number of hydrogen-bond donors (Lipinski definition) is 1. The normalized spacial score (nSPS) is 12.7. The third kappa shape index (κ3) is 3.38. The lowest BCUT2D eigenvalue weighted by Crippen LogP contribution is -2.17. The Morgan fingerprint density at radius 1 is 1.11 bits per heavy atom. The van der Waals surface area contributed by atoms with Crippen LogP contribution in [-0.2, 0) is 6.42 Å². The van der Waals surface area contributed by atoms with Crippen molar-refractivity contribution in [1.29, 1.82) is 0 Å². The fourth-order valence-electron chi connectivity index (χ4n) is 2.17. The van der Waals surface area contributed by atoms with E-state index in [1.165, 1.54) is 27.1 Å². The van der Waals surface area contributed by atoms with E-state index in [1.807, 2.05) is 7.05 Å². The fraction of sp³-hybridized carbons (Fsp3) is 0.375. The summed E-state index contributed by atoms with van der Waals surface area (Å²) < 4.78 is 0.898. The fourth-order valence-corrected chi connectivity index (χ4v) is 3.49. The molecule has 0 aliphatic rings. The Morgan fingerprint density at radius 2 is 1.84 bits per heavy atom. The monoisotopic (exact) mass is 293 g/mol. The largest absolute Gasteiger partial charge is 0.312 e. The minimum absolute atomic E-state index is 0.332. The van der Waals surface area contributed by atoms with Crippen molar-refractivity contribution in [2.45, 2.75) is 33.2 Å². The molecule has 0 radical (unpaired) electrons. The molecule has 3 heteroatoms. The Morgan fingerprint density at radius 3 is 2.37 bits per heavy atom. The van der Waals surface area contributed by atoms with Crippen molar-refractivity contribution < 1.29 is 0 Å². The van der Waals surface area contributed by atoms with Crippen molar-refractivity contribution >= 4 is 22.9 Å². The maximum Gasteiger partial charge on any atom is 0.0960 e. The highest BCUT2D eigenvalue weighted by atomic mass is 35.5. The quantitative estimate of drug-likeness (QED) is 0.851. The summed E-state index contributed by atoms with van der Waals surface area (Å²) in [4.78, 5) is 1.31. The van der Waals surface area contributed by atoms with E-state index >= 15 is 0 Å². The number of thiophene rings is 1. The third-order valence-electron chi connectivity index (χ3n) is 3.58. The number of rotatable bonds is 4. The Kier molecular flexibility index (Phi) is 4.67. The highest BCUT2D eigenvalue weighted by Crippen LogP contribution is 2.32. The van der Waals surface area contributed by atoms with Crippen molar-refractivity contribution in [1.82, 2.24) is 5.32 Å². The molecule has 102 valence electrons. The first kappa shape index (κ1) is 14.6. The molecule has 2 aromatic rings. The SMILES string of the molecule is CNC(Cc1ccc(C)c(C)c1)c1cc(C)c(Cl)s1. The second-order valence-electron chi connectivity index (χ2n) is 5.07. The number of nitrogens with one attached hydrogen (secondary N) is 1. The molecule has 0 bridgehead atoms. The average Bonchev–Trinajstić information content (AvgIpc) is 2.71. The van der Waals surface area contributed by atoms with Gasteiger partial charge in [0.05, 0.1) is 4.34 Å². The van der Waals surface area contributed by atoms with Crippen LogP contribution >= 0.6 is 22.9 Å². The van der Waals surface area contributed by atoms with Gasteiger partial charge in [-0.1, -0.05) is 29.8 Å². The van der Waals surface area contributed by atoms with Crippen LogP contribution in [0.1, 0.15) is 33.2 Å². The van der Waals surface area contributed by atoms with Crippen LogP contribution in [-0.4, -0.2) is 7.05 Å². The zero-order chi connectivity index (χ0) is 14.0. The van der Waals surface area contributed by atoms with Gasteiger partial charge in [-0.3, -0.25) is 0 Å². The lowest BCUT2D eigenvalue weighted by atomic mass is 10.00. The molecule has 1 aromatic carbocycles. The lowest BCUT2D eigenvalue weighted by molar-refractivity contribution is 0.601. The van der Waals surface area contributed by atoms with E-state index in [-0.39, 0.29) is 0 Å². The molecular formula is C16H20ClNS. The Hall–Kier alpha value is -0.830. The van der Waals surface area contributed by atoms with Crippen molar-refractivity contribution in [3.8, 4) is 0 Å². The third-order valence-corrected chi connectivity index (χ3v) is 5.25. The molecule has 19 heavy (non-hydrogen) atoms. The van der Waals surface area contributed by atoms with Crippen LogP contribution < -0.4 is 5.32 Å². The van der Waals surface area contributed by atoms with Gasteiger partial charge in [0.15, 0.2) is 0 Å². The summed E-state index contributed by atoms with van der Waals surface area (Å²) in [5, 5.41) is 3.39. The zero-order valence-electron chi connectivity index (χ0n) is 11.9. The van der Waals surface area contributed by atoms with Crippen LogP contribution in [0.25, 0.3) is 0 Å². The molecule has 0 aliphatic carbocycles. The van der Waals surface area contributed by atoms with E-state index in [1.54, 1.807) is 11.3 Å². The topological polar surface area (TPSA) is 12.0 Å². The molecule has 1 atom stereocenters. The summed E-state index contributed by atoms with van der Waals surface area (Å²) in [5.41, 5.74) is 5.24. The van der Waals surface area contributed by atoms with Gasteiger partial charge in [-0.05, 0) is 62.6 Å². The van der Waals surface area contributed by atoms with Gasteiger partial charge in [-0.2, -0.15) is 0 Å². The summed E-state index contributed by atoms with van der Waals surface area (Å²) in [6.07, 6.45) is 0.994. The number of aryl methyl sites for hydroxylation is 3. The highest BCUT2D eigenvalue weighted by Gasteiger charge is 2.14. The molecule has 0 saturated heterocycles. The van der Waals surface area contributed by atoms with Crippen LogP contribution in [0, 0.1) is 20.8 Å². The maximum absolute atomic E-state index is 6.17. The van der Waals surface area contributed by atoms with Gasteiger partial charge in [-0.15, -0.1) is 11.3 Å². The van der Waals surface area contributed by atoms with E-state index in [2.05, 4.69) is 50.4 Å². The van der Waals surface area contributed by atoms with Crippen LogP contribution in [0.2, 0.25) is 4.34 Å². The summed E-state index contributed by atoms with van der Waals surface area (Å²) >= 11 is 7.85. The lowest BCUT2D eigenvalue weighted by Gasteiger charge is -2.15. The average molecular weight is 294 g/mol. The minimum atomic E-state index is 0.332. The second-order valence-corrected chi connectivity index (χ2v) is 6.76. The van der Waals surface area contributed by atoms with Crippen molar-refractivity contribution in [2.75, 3.05) is 7.05 Å². The highest BCUT2D eigenvalue weighted by molar-refractivity contribution is 7.16. The maximum atomic E-state index is 6.17. The predicted octanol–water partition coefficient (Wildman–Crippen LogP) is 4.83. The molecule has 0 aliphatic heterocycles. The van der Waals surface area contributed by atoms with Gasteiger partial charge in [0.2, 0.25) is 0 Å². The molecule has 1 unspecified atom stereocenters. The van der Waals surface area contributed by atoms with Gasteiger partial charge in [-0.25, -0.2) is 0 Å². The number of benzene rings is 1. The molecule has 1 heterocycles.